The standard InChI is InChI=1S/C12H14ClN3OS2/c1-2-14-5-6-15-11(17)8-7-18-12(16-8)9-3-4-10(13)19-9/h3-4,7,14H,2,5-6H2,1H3,(H,15,17). The molecular formula is C12H14ClN3OS2. The Labute approximate surface area is 124 Å². The van der Waals surface area contributed by atoms with Crippen LogP contribution in [0.4, 0.5) is 0 Å². The van der Waals surface area contributed by atoms with E-state index in [0.29, 0.717) is 12.2 Å². The van der Waals surface area contributed by atoms with Crippen LogP contribution in [0.25, 0.3) is 9.88 Å². The number of nitrogens with one attached hydrogen (secondary N) is 2. The van der Waals surface area contributed by atoms with Crippen molar-refractivity contribution in [3.8, 4) is 9.88 Å². The number of hydrogen-bond acceptors (Lipinski definition) is 5. The van der Waals surface area contributed by atoms with Crippen molar-refractivity contribution in [2.75, 3.05) is 19.6 Å². The third-order valence-electron chi connectivity index (χ3n) is 2.36. The van der Waals surface area contributed by atoms with Gasteiger partial charge in [0.05, 0.1) is 9.21 Å². The number of carbonyl (C=O) groups excluding carboxylic acids is 1. The lowest BCUT2D eigenvalue weighted by atomic mass is 10.4. The first-order valence-corrected chi connectivity index (χ1v) is 7.98. The zero-order chi connectivity index (χ0) is 13.7. The predicted molar refractivity (Wildman–Crippen MR) is 81.3 cm³/mol. The summed E-state index contributed by atoms with van der Waals surface area (Å²) >= 11 is 8.80. The number of aromatic nitrogens is 1. The Morgan fingerprint density at radius 3 is 2.95 bits per heavy atom. The molecule has 0 bridgehead atoms. The molecule has 7 heteroatoms. The average molecular weight is 316 g/mol. The molecule has 0 radical (unpaired) electrons. The number of amides is 1. The molecule has 0 aliphatic rings. The molecular weight excluding hydrogens is 302 g/mol. The third kappa shape index (κ3) is 4.01. The molecule has 0 spiro atoms. The summed E-state index contributed by atoms with van der Waals surface area (Å²) < 4.78 is 0.724. The van der Waals surface area contributed by atoms with Gasteiger partial charge in [-0.25, -0.2) is 4.98 Å². The Balaban J connectivity index is 1.95. The molecule has 19 heavy (non-hydrogen) atoms. The second-order valence-electron chi connectivity index (χ2n) is 3.75. The molecule has 0 fully saturated rings. The van der Waals surface area contributed by atoms with Crippen LogP contribution in [-0.4, -0.2) is 30.5 Å². The number of halogens is 1. The molecule has 0 saturated carbocycles. The van der Waals surface area contributed by atoms with Gasteiger partial charge in [-0.2, -0.15) is 0 Å². The molecule has 2 aromatic rings. The van der Waals surface area contributed by atoms with Gasteiger partial charge in [-0.05, 0) is 18.7 Å². The molecule has 2 aromatic heterocycles. The molecule has 2 N–H and O–H groups in total. The molecule has 2 heterocycles. The van der Waals surface area contributed by atoms with Gasteiger partial charge in [-0.3, -0.25) is 4.79 Å². The van der Waals surface area contributed by atoms with Crippen molar-refractivity contribution in [1.29, 1.82) is 0 Å². The van der Waals surface area contributed by atoms with Crippen LogP contribution in [0.15, 0.2) is 17.5 Å². The number of thiophene rings is 1. The largest absolute Gasteiger partial charge is 0.349 e. The number of hydrogen-bond donors (Lipinski definition) is 2. The molecule has 0 saturated heterocycles. The summed E-state index contributed by atoms with van der Waals surface area (Å²) in [6.07, 6.45) is 0. The van der Waals surface area contributed by atoms with E-state index in [1.807, 2.05) is 19.1 Å². The Kier molecular flexibility index (Phi) is 5.33. The van der Waals surface area contributed by atoms with Crippen molar-refractivity contribution >= 4 is 40.2 Å². The van der Waals surface area contributed by atoms with E-state index in [1.165, 1.54) is 22.7 Å². The second-order valence-corrected chi connectivity index (χ2v) is 6.32. The van der Waals surface area contributed by atoms with E-state index in [0.717, 1.165) is 27.3 Å². The van der Waals surface area contributed by atoms with Crippen LogP contribution in [0.2, 0.25) is 4.34 Å². The van der Waals surface area contributed by atoms with E-state index in [9.17, 15) is 4.79 Å². The van der Waals surface area contributed by atoms with Gasteiger partial charge in [0, 0.05) is 18.5 Å². The van der Waals surface area contributed by atoms with Gasteiger partial charge in [0.1, 0.15) is 10.7 Å². The van der Waals surface area contributed by atoms with Gasteiger partial charge in [-0.1, -0.05) is 18.5 Å². The van der Waals surface area contributed by atoms with E-state index in [2.05, 4.69) is 15.6 Å². The molecule has 1 amide bonds. The van der Waals surface area contributed by atoms with Crippen LogP contribution in [0.5, 0.6) is 0 Å². The van der Waals surface area contributed by atoms with E-state index < -0.39 is 0 Å². The topological polar surface area (TPSA) is 54.0 Å². The van der Waals surface area contributed by atoms with Gasteiger partial charge >= 0.3 is 0 Å². The number of carbonyl (C=O) groups is 1. The second kappa shape index (κ2) is 7.00. The monoisotopic (exact) mass is 315 g/mol. The minimum Gasteiger partial charge on any atom is -0.349 e. The van der Waals surface area contributed by atoms with E-state index >= 15 is 0 Å². The average Bonchev–Trinajstić information content (AvgIpc) is 3.02. The SMILES string of the molecule is CCNCCNC(=O)c1csc(-c2ccc(Cl)s2)n1. The Bertz CT molecular complexity index is 553. The molecule has 0 unspecified atom stereocenters. The van der Waals surface area contributed by atoms with Crippen molar-refractivity contribution in [3.63, 3.8) is 0 Å². The Morgan fingerprint density at radius 2 is 2.26 bits per heavy atom. The summed E-state index contributed by atoms with van der Waals surface area (Å²) in [4.78, 5) is 17.2. The van der Waals surface area contributed by atoms with Gasteiger partial charge in [0.2, 0.25) is 0 Å². The Morgan fingerprint density at radius 1 is 1.42 bits per heavy atom. The van der Waals surface area contributed by atoms with Gasteiger partial charge < -0.3 is 10.6 Å². The minimum atomic E-state index is -0.136. The van der Waals surface area contributed by atoms with Crippen molar-refractivity contribution in [2.45, 2.75) is 6.92 Å². The van der Waals surface area contributed by atoms with E-state index in [-0.39, 0.29) is 5.91 Å². The lowest BCUT2D eigenvalue weighted by Crippen LogP contribution is -2.31. The lowest BCUT2D eigenvalue weighted by molar-refractivity contribution is 0.0950. The highest BCUT2D eigenvalue weighted by Crippen LogP contribution is 2.32. The first-order chi connectivity index (χ1) is 9.20. The Hall–Kier alpha value is -0.950. The number of thiazole rings is 1. The number of likely N-dealkylation sites (N-methyl/N-ethyl adjacent to an activating group) is 1. The molecule has 0 aliphatic carbocycles. The maximum atomic E-state index is 11.8. The third-order valence-corrected chi connectivity index (χ3v) is 4.60. The maximum absolute atomic E-state index is 11.8. The highest BCUT2D eigenvalue weighted by Gasteiger charge is 2.12. The highest BCUT2D eigenvalue weighted by molar-refractivity contribution is 7.23. The molecule has 2 rings (SSSR count). The van der Waals surface area contributed by atoms with Crippen LogP contribution in [0.3, 0.4) is 0 Å². The minimum absolute atomic E-state index is 0.136. The lowest BCUT2D eigenvalue weighted by Gasteiger charge is -2.02. The summed E-state index contributed by atoms with van der Waals surface area (Å²) in [5.74, 6) is -0.136. The van der Waals surface area contributed by atoms with Crippen LogP contribution >= 0.6 is 34.3 Å². The van der Waals surface area contributed by atoms with Gasteiger partial charge in [-0.15, -0.1) is 22.7 Å². The fourth-order valence-corrected chi connectivity index (χ4v) is 3.37. The van der Waals surface area contributed by atoms with Crippen LogP contribution in [-0.2, 0) is 0 Å². The van der Waals surface area contributed by atoms with E-state index in [1.54, 1.807) is 5.38 Å². The zero-order valence-electron chi connectivity index (χ0n) is 10.4. The van der Waals surface area contributed by atoms with Crippen LogP contribution in [0.1, 0.15) is 17.4 Å². The summed E-state index contributed by atoms with van der Waals surface area (Å²) in [7, 11) is 0. The van der Waals surface area contributed by atoms with Crippen molar-refractivity contribution in [3.05, 3.63) is 27.5 Å². The van der Waals surface area contributed by atoms with Crippen LogP contribution < -0.4 is 10.6 Å². The number of rotatable bonds is 6. The summed E-state index contributed by atoms with van der Waals surface area (Å²) in [5, 5.41) is 8.56. The number of nitrogens with zero attached hydrogens (tertiary/aromatic N) is 1. The fourth-order valence-electron chi connectivity index (χ4n) is 1.45. The van der Waals surface area contributed by atoms with Crippen LogP contribution in [0, 0.1) is 0 Å². The zero-order valence-corrected chi connectivity index (χ0v) is 12.8. The smallest absolute Gasteiger partial charge is 0.270 e. The molecule has 0 aliphatic heterocycles. The van der Waals surface area contributed by atoms with Gasteiger partial charge in [0.25, 0.3) is 5.91 Å². The van der Waals surface area contributed by atoms with Crippen molar-refractivity contribution in [2.24, 2.45) is 0 Å². The predicted octanol–water partition coefficient (Wildman–Crippen LogP) is 2.86. The summed E-state index contributed by atoms with van der Waals surface area (Å²) in [6.45, 7) is 4.29. The molecule has 102 valence electrons. The molecule has 0 aromatic carbocycles. The summed E-state index contributed by atoms with van der Waals surface area (Å²) in [5.41, 5.74) is 0.459. The van der Waals surface area contributed by atoms with Crippen molar-refractivity contribution < 1.29 is 4.79 Å². The first-order valence-electron chi connectivity index (χ1n) is 5.91. The van der Waals surface area contributed by atoms with Gasteiger partial charge in [0.15, 0.2) is 0 Å². The first kappa shape index (κ1) is 14.5. The fraction of sp³-hybridized carbons (Fsp3) is 0.333. The van der Waals surface area contributed by atoms with Crippen molar-refractivity contribution in [1.82, 2.24) is 15.6 Å². The summed E-state index contributed by atoms with van der Waals surface area (Å²) in [6, 6.07) is 3.75. The quantitative estimate of drug-likeness (QED) is 0.806. The van der Waals surface area contributed by atoms with E-state index in [4.69, 9.17) is 11.6 Å². The normalized spacial score (nSPS) is 10.6. The maximum Gasteiger partial charge on any atom is 0.270 e. The highest BCUT2D eigenvalue weighted by atomic mass is 35.5. The molecule has 4 nitrogen and oxygen atoms in total. The molecule has 0 atom stereocenters.